The minimum absolute atomic E-state index is 0.102. The Morgan fingerprint density at radius 3 is 2.45 bits per heavy atom. The first-order chi connectivity index (χ1) is 15.8. The zero-order valence-electron chi connectivity index (χ0n) is 19.1. The number of alkyl halides is 1. The number of aliphatic hydroxyl groups is 1. The van der Waals surface area contributed by atoms with Crippen LogP contribution in [0.3, 0.4) is 0 Å². The number of halogens is 2. The van der Waals surface area contributed by atoms with Crippen molar-refractivity contribution in [1.82, 2.24) is 4.90 Å². The number of carbonyl (C=O) groups is 1. The molecule has 0 unspecified atom stereocenters. The van der Waals surface area contributed by atoms with Crippen molar-refractivity contribution < 1.29 is 19.4 Å². The Kier molecular flexibility index (Phi) is 10.2. The van der Waals surface area contributed by atoms with Gasteiger partial charge in [-0.05, 0) is 58.0 Å². The van der Waals surface area contributed by atoms with Gasteiger partial charge in [-0.1, -0.05) is 32.0 Å². The van der Waals surface area contributed by atoms with E-state index >= 15 is 0 Å². The molecule has 0 radical (unpaired) electrons. The summed E-state index contributed by atoms with van der Waals surface area (Å²) in [6.07, 6.45) is -0.682. The molecule has 1 saturated heterocycles. The van der Waals surface area contributed by atoms with Gasteiger partial charge in [0.05, 0.1) is 16.0 Å². The van der Waals surface area contributed by atoms with Crippen LogP contribution in [0.2, 0.25) is 0 Å². The Morgan fingerprint density at radius 1 is 1.15 bits per heavy atom. The summed E-state index contributed by atoms with van der Waals surface area (Å²) in [5.41, 5.74) is 2.07. The van der Waals surface area contributed by atoms with Crippen LogP contribution >= 0.6 is 46.0 Å². The highest BCUT2D eigenvalue weighted by molar-refractivity contribution is 14.1. The topological polar surface area (TPSA) is 59.0 Å². The van der Waals surface area contributed by atoms with Gasteiger partial charge in [0, 0.05) is 30.0 Å². The van der Waals surface area contributed by atoms with Crippen LogP contribution in [0.25, 0.3) is 0 Å². The molecular weight excluding hydrogens is 573 g/mol. The van der Waals surface area contributed by atoms with Gasteiger partial charge in [-0.3, -0.25) is 9.69 Å². The fourth-order valence-electron chi connectivity index (χ4n) is 3.59. The molecule has 0 aromatic heterocycles. The lowest BCUT2D eigenvalue weighted by molar-refractivity contribution is -0.122. The lowest BCUT2D eigenvalue weighted by atomic mass is 9.78. The predicted octanol–water partition coefficient (Wildman–Crippen LogP) is 4.59. The van der Waals surface area contributed by atoms with Gasteiger partial charge in [0.25, 0.3) is 0 Å². The quantitative estimate of drug-likeness (QED) is 0.300. The third-order valence-electron chi connectivity index (χ3n) is 5.74. The summed E-state index contributed by atoms with van der Waals surface area (Å²) in [6.45, 7) is 7.03. The molecule has 3 rings (SSSR count). The van der Waals surface area contributed by atoms with Gasteiger partial charge in [-0.25, -0.2) is 0 Å². The summed E-state index contributed by atoms with van der Waals surface area (Å²) in [5, 5.41) is 9.62. The minimum Gasteiger partial charge on any atom is -0.490 e. The summed E-state index contributed by atoms with van der Waals surface area (Å²) in [4.78, 5) is 14.5. The Bertz CT molecular complexity index is 919. The first-order valence-corrected chi connectivity index (χ1v) is 13.8. The van der Waals surface area contributed by atoms with Crippen molar-refractivity contribution in [3.8, 4) is 11.5 Å². The number of rotatable bonds is 11. The van der Waals surface area contributed by atoms with E-state index in [1.54, 1.807) is 0 Å². The molecule has 8 heteroatoms. The minimum atomic E-state index is -0.682. The largest absolute Gasteiger partial charge is 0.490 e. The number of ketones is 1. The van der Waals surface area contributed by atoms with Crippen molar-refractivity contribution in [3.05, 3.63) is 57.2 Å². The van der Waals surface area contributed by atoms with Gasteiger partial charge in [0.2, 0.25) is 0 Å². The molecule has 1 atom stereocenters. The molecule has 1 aliphatic heterocycles. The molecule has 0 spiro atoms. The summed E-state index contributed by atoms with van der Waals surface area (Å²) in [6, 6.07) is 14.0. The molecule has 1 fully saturated rings. The van der Waals surface area contributed by atoms with Crippen molar-refractivity contribution in [3.63, 3.8) is 0 Å². The molecule has 0 saturated carbocycles. The van der Waals surface area contributed by atoms with E-state index in [0.29, 0.717) is 12.3 Å². The summed E-state index contributed by atoms with van der Waals surface area (Å²) in [5.74, 6) is 3.88. The van der Waals surface area contributed by atoms with Crippen molar-refractivity contribution in [2.75, 3.05) is 50.2 Å². The summed E-state index contributed by atoms with van der Waals surface area (Å²) in [7, 11) is 0. The highest BCUT2D eigenvalue weighted by atomic mass is 127. The number of nitrogens with zero attached hydrogens (tertiary/aromatic N) is 1. The van der Waals surface area contributed by atoms with Gasteiger partial charge in [-0.2, -0.15) is 11.8 Å². The lowest BCUT2D eigenvalue weighted by Gasteiger charge is -2.27. The number of thioether (sulfide) groups is 1. The standard InChI is InChI=1S/C25H31ClINO4S/c1-25(2,19-5-8-24(23(27)13-19)32-16-20(29)14-26)18-3-6-22(7-4-18)31-17-21(30)15-28-9-11-33-12-10-28/h3-8,13,20,29H,9-12,14-17H2,1-2H3/t20-/m0/s1. The van der Waals surface area contributed by atoms with Crippen molar-refractivity contribution in [2.45, 2.75) is 25.4 Å². The average molecular weight is 604 g/mol. The molecular formula is C25H31ClINO4S. The van der Waals surface area contributed by atoms with Crippen LogP contribution in [-0.4, -0.2) is 72.1 Å². The van der Waals surface area contributed by atoms with E-state index in [2.05, 4.69) is 59.5 Å². The molecule has 1 heterocycles. The molecule has 180 valence electrons. The third kappa shape index (κ3) is 7.75. The summed E-state index contributed by atoms with van der Waals surface area (Å²) < 4.78 is 12.4. The van der Waals surface area contributed by atoms with Gasteiger partial charge < -0.3 is 14.6 Å². The van der Waals surface area contributed by atoms with Gasteiger partial charge >= 0.3 is 0 Å². The van der Waals surface area contributed by atoms with Crippen LogP contribution in [0.15, 0.2) is 42.5 Å². The van der Waals surface area contributed by atoms with Crippen LogP contribution in [0.5, 0.6) is 11.5 Å². The van der Waals surface area contributed by atoms with Gasteiger partial charge in [0.1, 0.15) is 30.8 Å². The summed E-state index contributed by atoms with van der Waals surface area (Å²) >= 11 is 9.83. The van der Waals surface area contributed by atoms with E-state index in [0.717, 1.165) is 45.0 Å². The number of hydrogen-bond donors (Lipinski definition) is 1. The second-order valence-electron chi connectivity index (χ2n) is 8.63. The Balaban J connectivity index is 1.58. The van der Waals surface area contributed by atoms with Crippen molar-refractivity contribution in [2.24, 2.45) is 0 Å². The number of benzene rings is 2. The molecule has 0 aliphatic carbocycles. The molecule has 33 heavy (non-hydrogen) atoms. The Labute approximate surface area is 219 Å². The number of aliphatic hydroxyl groups excluding tert-OH is 1. The average Bonchev–Trinajstić information content (AvgIpc) is 2.82. The first-order valence-electron chi connectivity index (χ1n) is 11.0. The highest BCUT2D eigenvalue weighted by Gasteiger charge is 2.24. The molecule has 0 amide bonds. The normalized spacial score (nSPS) is 15.8. The third-order valence-corrected chi connectivity index (χ3v) is 7.88. The van der Waals surface area contributed by atoms with E-state index in [9.17, 15) is 9.90 Å². The second-order valence-corrected chi connectivity index (χ2v) is 11.3. The van der Waals surface area contributed by atoms with Gasteiger partial charge in [-0.15, -0.1) is 11.6 Å². The lowest BCUT2D eigenvalue weighted by Crippen LogP contribution is -2.38. The van der Waals surface area contributed by atoms with Crippen LogP contribution < -0.4 is 9.47 Å². The molecule has 5 nitrogen and oxygen atoms in total. The van der Waals surface area contributed by atoms with E-state index in [-0.39, 0.29) is 30.3 Å². The maximum absolute atomic E-state index is 12.3. The maximum atomic E-state index is 12.3. The SMILES string of the molecule is CC(C)(c1ccc(OCC(=O)CN2CCSCC2)cc1)c1ccc(OC[C@@H](O)CCl)c(I)c1. The number of carbonyl (C=O) groups excluding carboxylic acids is 1. The van der Waals surface area contributed by atoms with Crippen LogP contribution in [0, 0.1) is 3.57 Å². The predicted molar refractivity (Wildman–Crippen MR) is 144 cm³/mol. The monoisotopic (exact) mass is 603 g/mol. The molecule has 2 aromatic rings. The zero-order valence-corrected chi connectivity index (χ0v) is 22.8. The van der Waals surface area contributed by atoms with Gasteiger partial charge in [0.15, 0.2) is 5.78 Å². The Hall–Kier alpha value is -1.000. The van der Waals surface area contributed by atoms with E-state index in [1.807, 2.05) is 36.0 Å². The van der Waals surface area contributed by atoms with E-state index < -0.39 is 6.10 Å². The van der Waals surface area contributed by atoms with Crippen LogP contribution in [-0.2, 0) is 10.2 Å². The number of hydrogen-bond acceptors (Lipinski definition) is 6. The van der Waals surface area contributed by atoms with Crippen molar-refractivity contribution in [1.29, 1.82) is 0 Å². The molecule has 1 aliphatic rings. The Morgan fingerprint density at radius 2 is 1.82 bits per heavy atom. The molecule has 2 aromatic carbocycles. The fourth-order valence-corrected chi connectivity index (χ4v) is 5.33. The fraction of sp³-hybridized carbons (Fsp3) is 0.480. The first kappa shape index (κ1) is 26.6. The maximum Gasteiger partial charge on any atom is 0.184 e. The van der Waals surface area contributed by atoms with Crippen LogP contribution in [0.1, 0.15) is 25.0 Å². The van der Waals surface area contributed by atoms with Crippen molar-refractivity contribution >= 4 is 51.7 Å². The van der Waals surface area contributed by atoms with E-state index in [1.165, 1.54) is 0 Å². The van der Waals surface area contributed by atoms with E-state index in [4.69, 9.17) is 21.1 Å². The highest BCUT2D eigenvalue weighted by Crippen LogP contribution is 2.35. The smallest absolute Gasteiger partial charge is 0.184 e. The number of Topliss-reactive ketones (excluding diaryl/α,β-unsaturated/α-hetero) is 1. The zero-order chi connectivity index (χ0) is 23.8. The van der Waals surface area contributed by atoms with Crippen LogP contribution in [0.4, 0.5) is 0 Å². The molecule has 0 bridgehead atoms. The second kappa shape index (κ2) is 12.6. The molecule has 1 N–H and O–H groups in total. The number of ether oxygens (including phenoxy) is 2.